The molecule has 0 radical (unpaired) electrons. The van der Waals surface area contributed by atoms with Crippen molar-refractivity contribution in [3.63, 3.8) is 0 Å². The number of hydrogen-bond acceptors (Lipinski definition) is 8. The topological polar surface area (TPSA) is 92.3 Å². The van der Waals surface area contributed by atoms with E-state index in [9.17, 15) is 13.2 Å². The summed E-state index contributed by atoms with van der Waals surface area (Å²) in [7, 11) is -3.59. The molecule has 1 atom stereocenters. The van der Waals surface area contributed by atoms with Crippen molar-refractivity contribution >= 4 is 42.6 Å². The molecule has 5 rings (SSSR count). The third kappa shape index (κ3) is 5.38. The van der Waals surface area contributed by atoms with Gasteiger partial charge in [-0.3, -0.25) is 9.69 Å². The molecule has 2 aliphatic heterocycles. The van der Waals surface area contributed by atoms with Crippen LogP contribution >= 0.6 is 11.3 Å². The summed E-state index contributed by atoms with van der Waals surface area (Å²) >= 11 is 1.42. The molecule has 3 heterocycles. The number of piperidine rings is 1. The highest BCUT2D eigenvalue weighted by molar-refractivity contribution is 7.89. The third-order valence-corrected chi connectivity index (χ3v) is 10.2. The van der Waals surface area contributed by atoms with E-state index < -0.39 is 10.0 Å². The molecule has 38 heavy (non-hydrogen) atoms. The van der Waals surface area contributed by atoms with Gasteiger partial charge in [0.05, 0.1) is 15.1 Å². The van der Waals surface area contributed by atoms with Gasteiger partial charge in [-0.15, -0.1) is 0 Å². The molecule has 2 aliphatic rings. The number of anilines is 1. The number of carbonyl (C=O) groups is 1. The van der Waals surface area contributed by atoms with Crippen LogP contribution in [0.1, 0.15) is 44.0 Å². The Bertz CT molecular complexity index is 1360. The smallest absolute Gasteiger partial charge is 0.260 e. The fraction of sp³-hybridized carbons (Fsp3) is 0.481. The summed E-state index contributed by atoms with van der Waals surface area (Å²) in [5, 5.41) is 0.583. The normalized spacial score (nSPS) is 17.8. The number of nitrogens with zero attached hydrogens (tertiary/aromatic N) is 4. The fourth-order valence-corrected chi connectivity index (χ4v) is 7.52. The van der Waals surface area contributed by atoms with Crippen LogP contribution in [0, 0.1) is 5.92 Å². The van der Waals surface area contributed by atoms with Crippen LogP contribution in [0.3, 0.4) is 0 Å². The molecule has 204 valence electrons. The van der Waals surface area contributed by atoms with Gasteiger partial charge in [-0.2, -0.15) is 4.31 Å². The number of benzene rings is 2. The Morgan fingerprint density at radius 3 is 2.50 bits per heavy atom. The molecular weight excluding hydrogens is 524 g/mol. The zero-order valence-corrected chi connectivity index (χ0v) is 23.7. The number of ether oxygens (including phenoxy) is 2. The molecule has 1 fully saturated rings. The van der Waals surface area contributed by atoms with Crippen molar-refractivity contribution < 1.29 is 22.7 Å². The summed E-state index contributed by atoms with van der Waals surface area (Å²) in [5.41, 5.74) is 1.16. The van der Waals surface area contributed by atoms with Crippen LogP contribution < -0.4 is 14.4 Å². The molecule has 9 nitrogen and oxygen atoms in total. The second kappa shape index (κ2) is 11.2. The van der Waals surface area contributed by atoms with Crippen molar-refractivity contribution in [2.45, 2.75) is 38.5 Å². The van der Waals surface area contributed by atoms with Crippen molar-refractivity contribution in [3.8, 4) is 11.5 Å². The molecule has 2 aromatic carbocycles. The molecule has 0 saturated carbocycles. The van der Waals surface area contributed by atoms with Crippen LogP contribution in [-0.4, -0.2) is 74.6 Å². The number of hydrogen-bond donors (Lipinski definition) is 0. The number of aromatic nitrogens is 1. The molecule has 1 aromatic heterocycles. The summed E-state index contributed by atoms with van der Waals surface area (Å²) < 4.78 is 39.8. The summed E-state index contributed by atoms with van der Waals surface area (Å²) in [5.74, 6) is 1.45. The van der Waals surface area contributed by atoms with Gasteiger partial charge >= 0.3 is 0 Å². The zero-order chi connectivity index (χ0) is 26.9. The fourth-order valence-electron chi connectivity index (χ4n) is 4.93. The minimum absolute atomic E-state index is 0.191. The lowest BCUT2D eigenvalue weighted by atomic mass is 10.0. The van der Waals surface area contributed by atoms with E-state index in [4.69, 9.17) is 14.5 Å². The molecule has 0 unspecified atom stereocenters. The van der Waals surface area contributed by atoms with Gasteiger partial charge in [0.25, 0.3) is 5.91 Å². The van der Waals surface area contributed by atoms with E-state index >= 15 is 0 Å². The molecule has 11 heteroatoms. The van der Waals surface area contributed by atoms with Crippen molar-refractivity contribution in [2.24, 2.45) is 5.92 Å². The maximum absolute atomic E-state index is 13.8. The average Bonchev–Trinajstić information content (AvgIpc) is 3.55. The van der Waals surface area contributed by atoms with Crippen molar-refractivity contribution in [2.75, 3.05) is 51.0 Å². The van der Waals surface area contributed by atoms with Gasteiger partial charge in [0.2, 0.25) is 16.8 Å². The first-order chi connectivity index (χ1) is 18.3. The van der Waals surface area contributed by atoms with Crippen molar-refractivity contribution in [1.82, 2.24) is 14.2 Å². The van der Waals surface area contributed by atoms with Crippen LogP contribution in [0.4, 0.5) is 5.13 Å². The van der Waals surface area contributed by atoms with E-state index in [0.717, 1.165) is 36.1 Å². The molecule has 3 aromatic rings. The lowest BCUT2D eigenvalue weighted by molar-refractivity contribution is 0.0983. The Hall–Kier alpha value is -2.73. The van der Waals surface area contributed by atoms with Gasteiger partial charge in [0.1, 0.15) is 0 Å². The number of rotatable bonds is 9. The SMILES string of the molecule is CCN(CC)CCN(C(=O)c1ccc(S(=O)(=O)N2CCC[C@H](C)C2)cc1)c1nc2cc3c(cc2s1)OCO3. The highest BCUT2D eigenvalue weighted by Gasteiger charge is 2.29. The monoisotopic (exact) mass is 558 g/mol. The number of sulfonamides is 1. The Morgan fingerprint density at radius 1 is 1.11 bits per heavy atom. The molecule has 0 N–H and O–H groups in total. The first kappa shape index (κ1) is 26.9. The predicted molar refractivity (Wildman–Crippen MR) is 149 cm³/mol. The van der Waals surface area contributed by atoms with Gasteiger partial charge in [0.15, 0.2) is 16.6 Å². The Balaban J connectivity index is 1.42. The number of carbonyl (C=O) groups excluding carboxylic acids is 1. The second-order valence-electron chi connectivity index (χ2n) is 9.79. The Morgan fingerprint density at radius 2 is 1.82 bits per heavy atom. The number of amides is 1. The van der Waals surface area contributed by atoms with Gasteiger partial charge in [-0.1, -0.05) is 32.1 Å². The standard InChI is InChI=1S/C27H34N4O5S2/c1-4-29(5-2)13-14-31(27-28-22-15-23-24(36-18-35-23)16-25(22)37-27)26(32)20-8-10-21(11-9-20)38(33,34)30-12-6-7-19(3)17-30/h8-11,15-16,19H,4-7,12-14,17-18H2,1-3H3/t19-/m0/s1. The second-order valence-corrected chi connectivity index (χ2v) is 12.7. The molecular formula is C27H34N4O5S2. The third-order valence-electron chi connectivity index (χ3n) is 7.24. The summed E-state index contributed by atoms with van der Waals surface area (Å²) in [6, 6.07) is 10.0. The van der Waals surface area contributed by atoms with Crippen molar-refractivity contribution in [3.05, 3.63) is 42.0 Å². The molecule has 0 spiro atoms. The lowest BCUT2D eigenvalue weighted by Gasteiger charge is -2.30. The maximum Gasteiger partial charge on any atom is 0.260 e. The van der Waals surface area contributed by atoms with E-state index in [-0.39, 0.29) is 17.6 Å². The van der Waals surface area contributed by atoms with Crippen LogP contribution in [0.5, 0.6) is 11.5 Å². The van der Waals surface area contributed by atoms with E-state index in [1.54, 1.807) is 33.5 Å². The van der Waals surface area contributed by atoms with E-state index in [1.807, 2.05) is 12.1 Å². The first-order valence-corrected chi connectivity index (χ1v) is 15.4. The minimum Gasteiger partial charge on any atom is -0.454 e. The van der Waals surface area contributed by atoms with E-state index in [2.05, 4.69) is 25.7 Å². The lowest BCUT2D eigenvalue weighted by Crippen LogP contribution is -2.39. The first-order valence-electron chi connectivity index (χ1n) is 13.1. The molecule has 0 aliphatic carbocycles. The molecule has 1 saturated heterocycles. The average molecular weight is 559 g/mol. The Labute approximate surface area is 228 Å². The highest BCUT2D eigenvalue weighted by atomic mass is 32.2. The van der Waals surface area contributed by atoms with Gasteiger partial charge in [-0.05, 0) is 56.1 Å². The highest BCUT2D eigenvalue weighted by Crippen LogP contribution is 2.40. The van der Waals surface area contributed by atoms with E-state index in [1.165, 1.54) is 11.3 Å². The van der Waals surface area contributed by atoms with Crippen LogP contribution in [0.2, 0.25) is 0 Å². The minimum atomic E-state index is -3.59. The van der Waals surface area contributed by atoms with Gasteiger partial charge in [0, 0.05) is 43.9 Å². The predicted octanol–water partition coefficient (Wildman–Crippen LogP) is 4.43. The molecule has 0 bridgehead atoms. The van der Waals surface area contributed by atoms with Gasteiger partial charge in [-0.25, -0.2) is 13.4 Å². The summed E-state index contributed by atoms with van der Waals surface area (Å²) in [6.07, 6.45) is 1.90. The van der Waals surface area contributed by atoms with Crippen molar-refractivity contribution in [1.29, 1.82) is 0 Å². The van der Waals surface area contributed by atoms with E-state index in [0.29, 0.717) is 54.3 Å². The van der Waals surface area contributed by atoms with Crippen LogP contribution in [0.25, 0.3) is 10.2 Å². The summed E-state index contributed by atoms with van der Waals surface area (Å²) in [6.45, 7) is 10.4. The van der Waals surface area contributed by atoms with Crippen LogP contribution in [0.15, 0.2) is 41.3 Å². The summed E-state index contributed by atoms with van der Waals surface area (Å²) in [4.78, 5) is 22.7. The van der Waals surface area contributed by atoms with Crippen LogP contribution in [-0.2, 0) is 10.0 Å². The maximum atomic E-state index is 13.8. The Kier molecular flexibility index (Phi) is 7.90. The number of fused-ring (bicyclic) bond motifs is 2. The largest absolute Gasteiger partial charge is 0.454 e. The number of thiazole rings is 1. The zero-order valence-electron chi connectivity index (χ0n) is 22.1. The number of likely N-dealkylation sites (N-methyl/N-ethyl adjacent to an activating group) is 1. The van der Waals surface area contributed by atoms with Gasteiger partial charge < -0.3 is 14.4 Å². The quantitative estimate of drug-likeness (QED) is 0.384. The molecule has 1 amide bonds.